The lowest BCUT2D eigenvalue weighted by atomic mass is 11.5. The third kappa shape index (κ3) is 17.6. The highest BCUT2D eigenvalue weighted by Gasteiger charge is 1.19. The molecule has 0 heterocycles. The molecule has 0 fully saturated rings. The molecule has 6 N–H and O–H groups in total. The number of hydrazine groups is 1. The predicted octanol–water partition coefficient (Wildman–Crippen LogP) is -2.08. The molecule has 0 aromatic rings. The molecule has 0 saturated carbocycles. The number of carbonyl (C=O) groups excluding carboxylic acids is 1. The monoisotopic (exact) mass is 77.1 g/mol. The van der Waals surface area contributed by atoms with Crippen molar-refractivity contribution in [2.24, 2.45) is 17.4 Å². The average molecular weight is 77.1 g/mol. The van der Waals surface area contributed by atoms with E-state index in [0.717, 1.165) is 0 Å². The van der Waals surface area contributed by atoms with Gasteiger partial charge in [0.15, 0.2) is 0 Å². The quantitative estimate of drug-likeness (QED) is 0.176. The molecule has 0 radical (unpaired) electrons. The molecule has 0 aliphatic rings. The molecule has 4 heteroatoms. The van der Waals surface area contributed by atoms with Gasteiger partial charge in [0, 0.05) is 0 Å². The van der Waals surface area contributed by atoms with Crippen molar-refractivity contribution >= 4 is 6.41 Å². The van der Waals surface area contributed by atoms with Gasteiger partial charge in [0.05, 0.1) is 0 Å². The summed E-state index contributed by atoms with van der Waals surface area (Å²) in [6.45, 7) is 0. The topological polar surface area (TPSA) is 95.1 Å². The fraction of sp³-hybridized carbons (Fsp3) is 0. The minimum Gasteiger partial charge on any atom is -0.372 e. The van der Waals surface area contributed by atoms with E-state index in [1.54, 1.807) is 0 Å². The van der Waals surface area contributed by atoms with Crippen LogP contribution in [0.4, 0.5) is 0 Å². The van der Waals surface area contributed by atoms with E-state index >= 15 is 0 Å². The van der Waals surface area contributed by atoms with E-state index in [9.17, 15) is 0 Å². The first kappa shape index (κ1) is 8.83. The molecule has 0 unspecified atom stereocenters. The highest BCUT2D eigenvalue weighted by atomic mass is 16.1. The van der Waals surface area contributed by atoms with E-state index in [-0.39, 0.29) is 6.41 Å². The van der Waals surface area contributed by atoms with E-state index in [4.69, 9.17) is 4.79 Å². The third-order valence-corrected chi connectivity index (χ3v) is 0. The van der Waals surface area contributed by atoms with Gasteiger partial charge in [0.25, 0.3) is 0 Å². The number of carbonyl (C=O) groups is 1. The van der Waals surface area contributed by atoms with Gasteiger partial charge in [-0.3, -0.25) is 16.5 Å². The zero-order valence-electron chi connectivity index (χ0n) is 2.72. The van der Waals surface area contributed by atoms with Gasteiger partial charge in [-0.2, -0.15) is 0 Å². The Hall–Kier alpha value is -0.610. The first-order valence-electron chi connectivity index (χ1n) is 0.902. The summed E-state index contributed by atoms with van der Waals surface area (Å²) in [5, 5.41) is 0. The van der Waals surface area contributed by atoms with Crippen molar-refractivity contribution in [3.63, 3.8) is 0 Å². The van der Waals surface area contributed by atoms with Crippen molar-refractivity contribution < 1.29 is 4.79 Å². The van der Waals surface area contributed by atoms with Crippen LogP contribution in [-0.4, -0.2) is 6.41 Å². The molecule has 0 aliphatic carbocycles. The Morgan fingerprint density at radius 2 is 1.40 bits per heavy atom. The Kier molecular flexibility index (Phi) is 225. The van der Waals surface area contributed by atoms with E-state index in [0.29, 0.717) is 0 Å². The van der Waals surface area contributed by atoms with Gasteiger partial charge in [0.2, 0.25) is 6.41 Å². The Bertz CT molecular complexity index is 14.4. The minimum atomic E-state index is 0.250. The summed E-state index contributed by atoms with van der Waals surface area (Å²) in [4.78, 5) is 8.58. The average Bonchev–Trinajstić information content (AvgIpc) is 1.46. The number of primary amides is 1. The maximum atomic E-state index is 8.58. The van der Waals surface area contributed by atoms with Gasteiger partial charge >= 0.3 is 0 Å². The first-order valence-corrected chi connectivity index (χ1v) is 0.902. The Morgan fingerprint density at radius 1 is 1.40 bits per heavy atom. The summed E-state index contributed by atoms with van der Waals surface area (Å²) in [7, 11) is 0. The van der Waals surface area contributed by atoms with Crippen molar-refractivity contribution in [2.75, 3.05) is 0 Å². The molecule has 0 rings (SSSR count). The smallest absolute Gasteiger partial charge is 0.204 e. The van der Waals surface area contributed by atoms with Crippen molar-refractivity contribution in [1.29, 1.82) is 0 Å². The summed E-state index contributed by atoms with van der Waals surface area (Å²) >= 11 is 0. The lowest BCUT2D eigenvalue weighted by Gasteiger charge is -1.32. The van der Waals surface area contributed by atoms with Gasteiger partial charge in [-0.15, -0.1) is 0 Å². The van der Waals surface area contributed by atoms with Crippen molar-refractivity contribution in [2.45, 2.75) is 0 Å². The van der Waals surface area contributed by atoms with Gasteiger partial charge < -0.3 is 5.73 Å². The van der Waals surface area contributed by atoms with E-state index in [1.165, 1.54) is 0 Å². The van der Waals surface area contributed by atoms with Crippen LogP contribution >= 0.6 is 0 Å². The fourth-order valence-electron chi connectivity index (χ4n) is 0. The second-order valence-electron chi connectivity index (χ2n) is 0.136. The van der Waals surface area contributed by atoms with Crippen molar-refractivity contribution in [3.05, 3.63) is 0 Å². The molecule has 0 aromatic heterocycles. The summed E-state index contributed by atoms with van der Waals surface area (Å²) in [5.41, 5.74) is 4.17. The molecule has 0 spiro atoms. The van der Waals surface area contributed by atoms with E-state index < -0.39 is 0 Å². The van der Waals surface area contributed by atoms with Crippen LogP contribution in [-0.2, 0) is 4.79 Å². The second kappa shape index (κ2) is 127. The molecule has 1 amide bonds. The van der Waals surface area contributed by atoms with Gasteiger partial charge in [-0.25, -0.2) is 0 Å². The normalized spacial score (nSPS) is 3.60. The Labute approximate surface area is 29.9 Å². The fourth-order valence-corrected chi connectivity index (χ4v) is 0. The summed E-state index contributed by atoms with van der Waals surface area (Å²) in [6.07, 6.45) is 0.250. The molecule has 0 bridgehead atoms. The van der Waals surface area contributed by atoms with Crippen LogP contribution in [0.15, 0.2) is 0 Å². The van der Waals surface area contributed by atoms with E-state index in [2.05, 4.69) is 17.4 Å². The van der Waals surface area contributed by atoms with Gasteiger partial charge in [-0.05, 0) is 0 Å². The molecule has 0 aromatic carbocycles. The molecule has 4 nitrogen and oxygen atoms in total. The van der Waals surface area contributed by atoms with E-state index in [1.807, 2.05) is 0 Å². The zero-order valence-corrected chi connectivity index (χ0v) is 2.72. The molecule has 0 atom stereocenters. The van der Waals surface area contributed by atoms with Crippen LogP contribution in [0.5, 0.6) is 0 Å². The Balaban J connectivity index is 0. The van der Waals surface area contributed by atoms with Crippen LogP contribution in [0, 0.1) is 0 Å². The molecular formula is CH7N3O. The standard InChI is InChI=1S/CH3NO.H4N2/c2-1-3;1-2/h1H,(H2,2,3);1-2H2. The number of nitrogens with two attached hydrogens (primary N) is 3. The number of amides is 1. The summed E-state index contributed by atoms with van der Waals surface area (Å²) in [6, 6.07) is 0. The van der Waals surface area contributed by atoms with Crippen molar-refractivity contribution in [3.8, 4) is 0 Å². The molecule has 0 saturated heterocycles. The minimum absolute atomic E-state index is 0.250. The van der Waals surface area contributed by atoms with Crippen LogP contribution in [0.1, 0.15) is 0 Å². The Morgan fingerprint density at radius 3 is 1.40 bits per heavy atom. The SMILES string of the molecule is NC=O.NN. The summed E-state index contributed by atoms with van der Waals surface area (Å²) in [5.74, 6) is 8.00. The maximum Gasteiger partial charge on any atom is 0.204 e. The lowest BCUT2D eigenvalue weighted by Crippen LogP contribution is -2.02. The van der Waals surface area contributed by atoms with Crippen LogP contribution < -0.4 is 17.4 Å². The second-order valence-corrected chi connectivity index (χ2v) is 0.136. The maximum absolute atomic E-state index is 8.58. The van der Waals surface area contributed by atoms with Crippen molar-refractivity contribution in [1.82, 2.24) is 0 Å². The van der Waals surface area contributed by atoms with Crippen LogP contribution in [0.3, 0.4) is 0 Å². The van der Waals surface area contributed by atoms with Gasteiger partial charge in [0.1, 0.15) is 0 Å². The highest BCUT2D eigenvalue weighted by Crippen LogP contribution is 0.798. The number of hydrogen-bond donors (Lipinski definition) is 3. The van der Waals surface area contributed by atoms with Crippen LogP contribution in [0.2, 0.25) is 0 Å². The largest absolute Gasteiger partial charge is 0.372 e. The molecule has 0 aliphatic heterocycles. The van der Waals surface area contributed by atoms with Crippen LogP contribution in [0.25, 0.3) is 0 Å². The molecular weight excluding hydrogens is 70.0 g/mol. The number of hydrogen-bond acceptors (Lipinski definition) is 3. The predicted molar refractivity (Wildman–Crippen MR) is 18.6 cm³/mol. The van der Waals surface area contributed by atoms with Gasteiger partial charge in [-0.1, -0.05) is 0 Å². The first-order chi connectivity index (χ1) is 2.41. The molecule has 5 heavy (non-hydrogen) atoms. The zero-order chi connectivity index (χ0) is 4.71. The third-order valence-electron chi connectivity index (χ3n) is 0. The highest BCUT2D eigenvalue weighted by molar-refractivity contribution is 5.42. The molecule has 32 valence electrons. The number of rotatable bonds is 0. The lowest BCUT2D eigenvalue weighted by molar-refractivity contribution is -0.106. The summed E-state index contributed by atoms with van der Waals surface area (Å²) < 4.78 is 0.